The number of allylic oxidation sites excluding steroid dienone is 3. The molecule has 1 atom stereocenters. The third-order valence-electron chi connectivity index (χ3n) is 2.70. The highest BCUT2D eigenvalue weighted by molar-refractivity contribution is 6.25. The van der Waals surface area contributed by atoms with Crippen LogP contribution in [-0.2, 0) is 19.1 Å². The lowest BCUT2D eigenvalue weighted by Crippen LogP contribution is -2.34. The summed E-state index contributed by atoms with van der Waals surface area (Å²) in [7, 11) is 0. The maximum Gasteiger partial charge on any atom is 0.329 e. The van der Waals surface area contributed by atoms with Gasteiger partial charge in [-0.2, -0.15) is 0 Å². The molecule has 0 spiro atoms. The monoisotopic (exact) mass is 274 g/mol. The van der Waals surface area contributed by atoms with Gasteiger partial charge in [-0.3, -0.25) is 14.4 Å². The molecule has 2 rings (SSSR count). The molecule has 0 unspecified atom stereocenters. The number of benzene rings is 1. The minimum absolute atomic E-state index is 0.165. The molecule has 1 heterocycles. The van der Waals surface area contributed by atoms with Gasteiger partial charge in [0.15, 0.2) is 17.5 Å². The summed E-state index contributed by atoms with van der Waals surface area (Å²) >= 11 is 0. The Hall–Kier alpha value is -2.56. The molecule has 0 saturated heterocycles. The molecule has 1 aliphatic rings. The summed E-state index contributed by atoms with van der Waals surface area (Å²) in [4.78, 5) is 35.0. The van der Waals surface area contributed by atoms with Crippen molar-refractivity contribution in [3.8, 4) is 0 Å². The molecule has 0 aliphatic carbocycles. The molecule has 0 fully saturated rings. The molecule has 0 amide bonds. The zero-order valence-electron chi connectivity index (χ0n) is 10.6. The molecular formula is C15H11FO4. The highest BCUT2D eigenvalue weighted by atomic mass is 19.1. The predicted molar refractivity (Wildman–Crippen MR) is 68.8 cm³/mol. The Morgan fingerprint density at radius 1 is 1.35 bits per heavy atom. The molecule has 0 bridgehead atoms. The average molecular weight is 274 g/mol. The first-order chi connectivity index (χ1) is 9.47. The van der Waals surface area contributed by atoms with Gasteiger partial charge in [0.1, 0.15) is 11.6 Å². The predicted octanol–water partition coefficient (Wildman–Crippen LogP) is 2.05. The van der Waals surface area contributed by atoms with Crippen molar-refractivity contribution in [2.24, 2.45) is 5.92 Å². The first-order valence-corrected chi connectivity index (χ1v) is 5.89. The summed E-state index contributed by atoms with van der Waals surface area (Å²) in [5, 5.41) is 0. The van der Waals surface area contributed by atoms with Gasteiger partial charge in [-0.1, -0.05) is 18.2 Å². The fourth-order valence-corrected chi connectivity index (χ4v) is 1.79. The Labute approximate surface area is 114 Å². The fraction of sp³-hybridized carbons (Fsp3) is 0.133. The highest BCUT2D eigenvalue weighted by Gasteiger charge is 2.36. The number of carbonyl (C=O) groups is 3. The van der Waals surface area contributed by atoms with E-state index in [1.54, 1.807) is 6.07 Å². The number of esters is 1. The number of hydrogen-bond donors (Lipinski definition) is 0. The number of rotatable bonds is 3. The van der Waals surface area contributed by atoms with Crippen LogP contribution in [0.5, 0.6) is 0 Å². The summed E-state index contributed by atoms with van der Waals surface area (Å²) in [6, 6.07) is 5.59. The number of cyclic esters (lactones) is 1. The van der Waals surface area contributed by atoms with Crippen LogP contribution in [0, 0.1) is 11.7 Å². The third-order valence-corrected chi connectivity index (χ3v) is 2.70. The van der Waals surface area contributed by atoms with E-state index in [4.69, 9.17) is 4.74 Å². The number of hydrogen-bond acceptors (Lipinski definition) is 4. The molecule has 20 heavy (non-hydrogen) atoms. The molecule has 1 aromatic carbocycles. The van der Waals surface area contributed by atoms with Crippen LogP contribution in [0.3, 0.4) is 0 Å². The summed E-state index contributed by atoms with van der Waals surface area (Å²) < 4.78 is 17.7. The highest BCUT2D eigenvalue weighted by Crippen LogP contribution is 2.16. The van der Waals surface area contributed by atoms with Crippen LogP contribution in [0.25, 0.3) is 6.08 Å². The molecule has 0 radical (unpaired) electrons. The molecule has 1 aromatic rings. The lowest BCUT2D eigenvalue weighted by molar-refractivity contribution is -0.151. The van der Waals surface area contributed by atoms with Crippen molar-refractivity contribution in [2.45, 2.75) is 6.92 Å². The van der Waals surface area contributed by atoms with E-state index >= 15 is 0 Å². The standard InChI is InChI=1S/C15H11FO4/c1-9-7-13(18)14(15(19)20-9)12(17)6-5-10-3-2-4-11(16)8-10/h2-8,14H,1H3/b6-5+/t14-/m1/s1. The van der Waals surface area contributed by atoms with Gasteiger partial charge in [-0.05, 0) is 30.7 Å². The maximum absolute atomic E-state index is 13.0. The molecule has 0 saturated carbocycles. The Balaban J connectivity index is 2.16. The van der Waals surface area contributed by atoms with Crippen molar-refractivity contribution in [1.82, 2.24) is 0 Å². The van der Waals surface area contributed by atoms with E-state index in [0.29, 0.717) is 5.56 Å². The van der Waals surface area contributed by atoms with Gasteiger partial charge < -0.3 is 4.74 Å². The fourth-order valence-electron chi connectivity index (χ4n) is 1.79. The van der Waals surface area contributed by atoms with Gasteiger partial charge >= 0.3 is 5.97 Å². The van der Waals surface area contributed by atoms with Crippen LogP contribution in [-0.4, -0.2) is 17.5 Å². The van der Waals surface area contributed by atoms with E-state index in [0.717, 1.165) is 12.2 Å². The number of ketones is 2. The molecule has 1 aliphatic heterocycles. The van der Waals surface area contributed by atoms with Crippen LogP contribution in [0.2, 0.25) is 0 Å². The molecule has 4 nitrogen and oxygen atoms in total. The smallest absolute Gasteiger partial charge is 0.329 e. The number of carbonyl (C=O) groups excluding carboxylic acids is 3. The van der Waals surface area contributed by atoms with E-state index in [1.807, 2.05) is 0 Å². The SMILES string of the molecule is CC1=CC(=O)[C@@H](C(=O)/C=C/c2cccc(F)c2)C(=O)O1. The Morgan fingerprint density at radius 3 is 2.75 bits per heavy atom. The second kappa shape index (κ2) is 5.61. The lowest BCUT2D eigenvalue weighted by atomic mass is 9.96. The quantitative estimate of drug-likeness (QED) is 0.481. The van der Waals surface area contributed by atoms with Crippen LogP contribution >= 0.6 is 0 Å². The number of halogens is 1. The van der Waals surface area contributed by atoms with Gasteiger partial charge in [0.25, 0.3) is 0 Å². The molecule has 0 aromatic heterocycles. The second-order valence-electron chi connectivity index (χ2n) is 4.30. The van der Waals surface area contributed by atoms with Crippen molar-refractivity contribution in [2.75, 3.05) is 0 Å². The minimum atomic E-state index is -1.47. The molecule has 0 N–H and O–H groups in total. The first-order valence-electron chi connectivity index (χ1n) is 5.89. The van der Waals surface area contributed by atoms with E-state index in [1.165, 1.54) is 31.2 Å². The summed E-state index contributed by atoms with van der Waals surface area (Å²) in [6.45, 7) is 1.46. The lowest BCUT2D eigenvalue weighted by Gasteiger charge is -2.15. The average Bonchev–Trinajstić information content (AvgIpc) is 2.35. The molecule has 5 heteroatoms. The topological polar surface area (TPSA) is 60.4 Å². The zero-order chi connectivity index (χ0) is 14.7. The van der Waals surface area contributed by atoms with Gasteiger partial charge in [-0.25, -0.2) is 4.39 Å². The van der Waals surface area contributed by atoms with Crippen molar-refractivity contribution < 1.29 is 23.5 Å². The van der Waals surface area contributed by atoms with Gasteiger partial charge in [0.05, 0.1) is 0 Å². The van der Waals surface area contributed by atoms with Crippen molar-refractivity contribution in [3.05, 3.63) is 53.6 Å². The second-order valence-corrected chi connectivity index (χ2v) is 4.30. The summed E-state index contributed by atoms with van der Waals surface area (Å²) in [5.74, 6) is -3.92. The normalized spacial score (nSPS) is 18.9. The summed E-state index contributed by atoms with van der Waals surface area (Å²) in [6.07, 6.45) is 3.53. The van der Waals surface area contributed by atoms with E-state index in [9.17, 15) is 18.8 Å². The van der Waals surface area contributed by atoms with Crippen molar-refractivity contribution in [1.29, 1.82) is 0 Å². The maximum atomic E-state index is 13.0. The van der Waals surface area contributed by atoms with Gasteiger partial charge in [0.2, 0.25) is 0 Å². The van der Waals surface area contributed by atoms with Gasteiger partial charge in [0, 0.05) is 6.08 Å². The number of ether oxygens (including phenoxy) is 1. The van der Waals surface area contributed by atoms with Crippen LogP contribution < -0.4 is 0 Å². The van der Waals surface area contributed by atoms with Crippen molar-refractivity contribution >= 4 is 23.6 Å². The third kappa shape index (κ3) is 3.06. The van der Waals surface area contributed by atoms with Crippen LogP contribution in [0.4, 0.5) is 4.39 Å². The first kappa shape index (κ1) is 13.9. The van der Waals surface area contributed by atoms with Crippen LogP contribution in [0.15, 0.2) is 42.2 Å². The van der Waals surface area contributed by atoms with E-state index < -0.39 is 29.3 Å². The zero-order valence-corrected chi connectivity index (χ0v) is 10.6. The Bertz CT molecular complexity index is 643. The van der Waals surface area contributed by atoms with Crippen molar-refractivity contribution in [3.63, 3.8) is 0 Å². The Morgan fingerprint density at radius 2 is 2.10 bits per heavy atom. The molecule has 102 valence electrons. The van der Waals surface area contributed by atoms with E-state index in [2.05, 4.69) is 0 Å². The largest absolute Gasteiger partial charge is 0.430 e. The van der Waals surface area contributed by atoms with Gasteiger partial charge in [-0.15, -0.1) is 0 Å². The summed E-state index contributed by atoms with van der Waals surface area (Å²) in [5.41, 5.74) is 0.460. The van der Waals surface area contributed by atoms with Crippen LogP contribution in [0.1, 0.15) is 12.5 Å². The Kier molecular flexibility index (Phi) is 3.89. The minimum Gasteiger partial charge on any atom is -0.430 e. The molecular weight excluding hydrogens is 263 g/mol. The van der Waals surface area contributed by atoms with E-state index in [-0.39, 0.29) is 5.76 Å².